The third-order valence-corrected chi connectivity index (χ3v) is 4.08. The lowest BCUT2D eigenvalue weighted by molar-refractivity contribution is 0.0690. The van der Waals surface area contributed by atoms with E-state index in [1.54, 1.807) is 18.2 Å². The van der Waals surface area contributed by atoms with Crippen molar-refractivity contribution in [1.29, 1.82) is 0 Å². The Morgan fingerprint density at radius 1 is 1.17 bits per heavy atom. The van der Waals surface area contributed by atoms with Crippen LogP contribution in [-0.2, 0) is 10.0 Å². The van der Waals surface area contributed by atoms with Crippen LogP contribution in [0.15, 0.2) is 47.5 Å². The van der Waals surface area contributed by atoms with Crippen molar-refractivity contribution in [1.82, 2.24) is 3.97 Å². The summed E-state index contributed by atoms with van der Waals surface area (Å²) in [7, 11) is -3.94. The third-order valence-electron chi connectivity index (χ3n) is 2.39. The highest BCUT2D eigenvalue weighted by molar-refractivity contribution is 7.90. The smallest absolute Gasteiger partial charge is 0.355 e. The van der Waals surface area contributed by atoms with Gasteiger partial charge in [-0.25, -0.2) is 17.2 Å². The van der Waals surface area contributed by atoms with Crippen molar-refractivity contribution < 1.29 is 18.3 Å². The van der Waals surface area contributed by atoms with Crippen molar-refractivity contribution in [2.24, 2.45) is 0 Å². The minimum absolute atomic E-state index is 0.00287. The SMILES string of the molecule is Nc1ccn(S(=O)(=O)c2ccccc2)c1C(=O)O. The molecule has 94 valence electrons. The van der Waals surface area contributed by atoms with E-state index < -0.39 is 21.7 Å². The van der Waals surface area contributed by atoms with E-state index in [1.807, 2.05) is 0 Å². The number of nitrogens with two attached hydrogens (primary N) is 1. The van der Waals surface area contributed by atoms with Gasteiger partial charge in [-0.1, -0.05) is 18.2 Å². The molecule has 2 aromatic rings. The van der Waals surface area contributed by atoms with Gasteiger partial charge in [-0.3, -0.25) is 0 Å². The highest BCUT2D eigenvalue weighted by atomic mass is 32.2. The lowest BCUT2D eigenvalue weighted by Gasteiger charge is -2.08. The number of benzene rings is 1. The van der Waals surface area contributed by atoms with E-state index in [9.17, 15) is 13.2 Å². The van der Waals surface area contributed by atoms with Crippen molar-refractivity contribution in [3.8, 4) is 0 Å². The molecule has 3 N–H and O–H groups in total. The maximum atomic E-state index is 12.2. The molecule has 0 atom stereocenters. The highest BCUT2D eigenvalue weighted by Gasteiger charge is 2.24. The molecule has 0 unspecified atom stereocenters. The maximum absolute atomic E-state index is 12.2. The molecule has 0 aliphatic heterocycles. The Balaban J connectivity index is 2.67. The number of rotatable bonds is 3. The van der Waals surface area contributed by atoms with Gasteiger partial charge < -0.3 is 10.8 Å². The molecule has 0 aliphatic carbocycles. The van der Waals surface area contributed by atoms with Crippen LogP contribution in [0.25, 0.3) is 0 Å². The average molecular weight is 266 g/mol. The second-order valence-corrected chi connectivity index (χ2v) is 5.35. The van der Waals surface area contributed by atoms with Crippen molar-refractivity contribution in [2.75, 3.05) is 5.73 Å². The molecule has 2 rings (SSSR count). The van der Waals surface area contributed by atoms with E-state index in [1.165, 1.54) is 18.2 Å². The second kappa shape index (κ2) is 4.19. The Labute approximate surface area is 103 Å². The third kappa shape index (κ3) is 1.84. The van der Waals surface area contributed by atoms with Crippen molar-refractivity contribution in [2.45, 2.75) is 4.90 Å². The highest BCUT2D eigenvalue weighted by Crippen LogP contribution is 2.20. The van der Waals surface area contributed by atoms with E-state index in [0.717, 1.165) is 6.20 Å². The molecule has 0 saturated carbocycles. The Hall–Kier alpha value is -2.28. The molecule has 0 spiro atoms. The number of hydrogen-bond donors (Lipinski definition) is 2. The fourth-order valence-electron chi connectivity index (χ4n) is 1.55. The zero-order valence-electron chi connectivity index (χ0n) is 9.15. The summed E-state index contributed by atoms with van der Waals surface area (Å²) in [6.45, 7) is 0. The van der Waals surface area contributed by atoms with Gasteiger partial charge in [0.15, 0.2) is 5.69 Å². The van der Waals surface area contributed by atoms with Crippen LogP contribution in [0.3, 0.4) is 0 Å². The molecule has 1 aromatic heterocycles. The van der Waals surface area contributed by atoms with Gasteiger partial charge in [0.25, 0.3) is 10.0 Å². The summed E-state index contributed by atoms with van der Waals surface area (Å²) in [5.74, 6) is -1.39. The summed E-state index contributed by atoms with van der Waals surface area (Å²) in [6.07, 6.45) is 1.13. The van der Waals surface area contributed by atoms with Gasteiger partial charge in [0.05, 0.1) is 10.6 Å². The number of carboxylic acids is 1. The number of nitrogens with zero attached hydrogens (tertiary/aromatic N) is 1. The molecule has 18 heavy (non-hydrogen) atoms. The molecular formula is C11H10N2O4S. The van der Waals surface area contributed by atoms with Crippen molar-refractivity contribution >= 4 is 21.7 Å². The predicted molar refractivity (Wildman–Crippen MR) is 64.8 cm³/mol. The lowest BCUT2D eigenvalue weighted by Crippen LogP contribution is -2.18. The largest absolute Gasteiger partial charge is 0.476 e. The van der Waals surface area contributed by atoms with Crippen LogP contribution < -0.4 is 5.73 Å². The van der Waals surface area contributed by atoms with Crippen LogP contribution in [0.4, 0.5) is 5.69 Å². The average Bonchev–Trinajstić information content (AvgIpc) is 2.73. The number of aromatic nitrogens is 1. The van der Waals surface area contributed by atoms with Gasteiger partial charge in [0, 0.05) is 6.20 Å². The minimum atomic E-state index is -3.94. The topological polar surface area (TPSA) is 102 Å². The number of carboxylic acid groups (broad SMARTS) is 1. The van der Waals surface area contributed by atoms with E-state index in [4.69, 9.17) is 10.8 Å². The molecule has 0 saturated heterocycles. The fraction of sp³-hybridized carbons (Fsp3) is 0. The lowest BCUT2D eigenvalue weighted by atomic mass is 10.4. The van der Waals surface area contributed by atoms with Crippen molar-refractivity contribution in [3.63, 3.8) is 0 Å². The van der Waals surface area contributed by atoms with Gasteiger partial charge in [-0.2, -0.15) is 0 Å². The molecule has 1 aromatic carbocycles. The normalized spacial score (nSPS) is 11.3. The van der Waals surface area contributed by atoms with Gasteiger partial charge in [0.1, 0.15) is 0 Å². The van der Waals surface area contributed by atoms with Crippen LogP contribution in [0.5, 0.6) is 0 Å². The first kappa shape index (κ1) is 12.2. The van der Waals surface area contributed by atoms with Crippen LogP contribution in [0.2, 0.25) is 0 Å². The summed E-state index contributed by atoms with van der Waals surface area (Å²) in [5.41, 5.74) is 4.90. The van der Waals surface area contributed by atoms with Crippen LogP contribution in [-0.4, -0.2) is 23.5 Å². The van der Waals surface area contributed by atoms with E-state index in [2.05, 4.69) is 0 Å². The van der Waals surface area contributed by atoms with E-state index >= 15 is 0 Å². The summed E-state index contributed by atoms with van der Waals surface area (Å²) in [6, 6.07) is 8.79. The molecule has 0 fully saturated rings. The van der Waals surface area contributed by atoms with Gasteiger partial charge in [0.2, 0.25) is 0 Å². The van der Waals surface area contributed by atoms with E-state index in [-0.39, 0.29) is 10.6 Å². The number of carbonyl (C=O) groups is 1. The summed E-state index contributed by atoms with van der Waals surface area (Å²) in [5, 5.41) is 8.98. The molecule has 0 radical (unpaired) electrons. The van der Waals surface area contributed by atoms with Gasteiger partial charge in [-0.15, -0.1) is 0 Å². The Kier molecular flexibility index (Phi) is 2.84. The summed E-state index contributed by atoms with van der Waals surface area (Å²) >= 11 is 0. The number of hydrogen-bond acceptors (Lipinski definition) is 4. The second-order valence-electron chi connectivity index (χ2n) is 3.54. The van der Waals surface area contributed by atoms with Gasteiger partial charge in [-0.05, 0) is 18.2 Å². The summed E-state index contributed by atoms with van der Waals surface area (Å²) < 4.78 is 25.1. The number of aromatic carboxylic acids is 1. The molecule has 1 heterocycles. The first-order valence-electron chi connectivity index (χ1n) is 4.95. The quantitative estimate of drug-likeness (QED) is 0.863. The molecule has 0 amide bonds. The van der Waals surface area contributed by atoms with Crippen LogP contribution in [0.1, 0.15) is 10.5 Å². The first-order chi connectivity index (χ1) is 8.44. The number of nitrogen functional groups attached to an aromatic ring is 1. The Bertz CT molecular complexity index is 689. The molecule has 6 nitrogen and oxygen atoms in total. The molecule has 0 bridgehead atoms. The Morgan fingerprint density at radius 2 is 1.78 bits per heavy atom. The Morgan fingerprint density at radius 3 is 2.33 bits per heavy atom. The van der Waals surface area contributed by atoms with Crippen LogP contribution in [0, 0.1) is 0 Å². The first-order valence-corrected chi connectivity index (χ1v) is 6.39. The zero-order chi connectivity index (χ0) is 13.3. The maximum Gasteiger partial charge on any atom is 0.355 e. The number of anilines is 1. The monoisotopic (exact) mass is 266 g/mol. The predicted octanol–water partition coefficient (Wildman–Crippen LogP) is 1.01. The molecule has 0 aliphatic rings. The molecule has 7 heteroatoms. The van der Waals surface area contributed by atoms with Crippen molar-refractivity contribution in [3.05, 3.63) is 48.3 Å². The minimum Gasteiger partial charge on any atom is -0.476 e. The standard InChI is InChI=1S/C11H10N2O4S/c12-9-6-7-13(10(9)11(14)15)18(16,17)8-4-2-1-3-5-8/h1-7H,12H2,(H,14,15). The molecular weight excluding hydrogens is 256 g/mol. The fourth-order valence-corrected chi connectivity index (χ4v) is 2.93. The van der Waals surface area contributed by atoms with E-state index in [0.29, 0.717) is 3.97 Å². The zero-order valence-corrected chi connectivity index (χ0v) is 9.96. The summed E-state index contributed by atoms with van der Waals surface area (Å²) in [4.78, 5) is 11.0. The van der Waals surface area contributed by atoms with Gasteiger partial charge >= 0.3 is 5.97 Å². The van der Waals surface area contributed by atoms with Crippen LogP contribution >= 0.6 is 0 Å².